The molecular weight excluding hydrogens is 392 g/mol. The molecule has 1 aliphatic heterocycles. The van der Waals surface area contributed by atoms with Gasteiger partial charge in [0.25, 0.3) is 5.91 Å². The molecule has 29 heavy (non-hydrogen) atoms. The number of piperazine rings is 1. The summed E-state index contributed by atoms with van der Waals surface area (Å²) < 4.78 is 32.8. The van der Waals surface area contributed by atoms with E-state index in [0.717, 1.165) is 5.39 Å². The fourth-order valence-electron chi connectivity index (χ4n) is 3.40. The van der Waals surface area contributed by atoms with Gasteiger partial charge in [-0.3, -0.25) is 9.59 Å². The number of sulfonamides is 1. The summed E-state index contributed by atoms with van der Waals surface area (Å²) >= 11 is 0. The van der Waals surface area contributed by atoms with Gasteiger partial charge in [-0.05, 0) is 31.2 Å². The van der Waals surface area contributed by atoms with Crippen molar-refractivity contribution in [1.82, 2.24) is 9.21 Å². The molecule has 7 nitrogen and oxygen atoms in total. The number of Topliss-reactive ketones (excluding diaryl/α,β-unsaturated/α-hetero) is 1. The summed E-state index contributed by atoms with van der Waals surface area (Å²) in [6.07, 6.45) is 0. The molecule has 0 aliphatic carbocycles. The van der Waals surface area contributed by atoms with E-state index in [-0.39, 0.29) is 48.5 Å². The first-order chi connectivity index (χ1) is 13.9. The van der Waals surface area contributed by atoms with Crippen molar-refractivity contribution in [3.05, 3.63) is 65.9 Å². The molecule has 1 aliphatic rings. The van der Waals surface area contributed by atoms with Crippen LogP contribution in [0, 0.1) is 0 Å². The van der Waals surface area contributed by atoms with Gasteiger partial charge in [0.1, 0.15) is 5.58 Å². The summed E-state index contributed by atoms with van der Waals surface area (Å²) in [4.78, 5) is 26.0. The van der Waals surface area contributed by atoms with Gasteiger partial charge in [-0.2, -0.15) is 4.31 Å². The SMILES string of the molecule is CC(=O)c1cccc(S(=O)(=O)N2CCN(C(=O)c3cc4ccccc4o3)CC2)c1. The maximum absolute atomic E-state index is 12.9. The molecule has 0 bridgehead atoms. The smallest absolute Gasteiger partial charge is 0.289 e. The standard InChI is InChI=1S/C21H20N2O5S/c1-15(24)16-6-4-7-18(13-16)29(26,27)23-11-9-22(10-12-23)21(25)20-14-17-5-2-3-8-19(17)28-20/h2-8,13-14H,9-12H2,1H3. The van der Waals surface area contributed by atoms with Crippen LogP contribution in [-0.2, 0) is 10.0 Å². The normalized spacial score (nSPS) is 15.6. The van der Waals surface area contributed by atoms with Crippen LogP contribution in [-0.4, -0.2) is 55.5 Å². The van der Waals surface area contributed by atoms with E-state index in [1.165, 1.54) is 23.4 Å². The summed E-state index contributed by atoms with van der Waals surface area (Å²) in [5, 5.41) is 0.849. The number of benzene rings is 2. The molecule has 0 unspecified atom stereocenters. The highest BCUT2D eigenvalue weighted by atomic mass is 32.2. The molecule has 1 amide bonds. The van der Waals surface area contributed by atoms with Crippen LogP contribution in [0.3, 0.4) is 0 Å². The molecule has 0 N–H and O–H groups in total. The van der Waals surface area contributed by atoms with Gasteiger partial charge in [-0.25, -0.2) is 8.42 Å². The predicted molar refractivity (Wildman–Crippen MR) is 107 cm³/mol. The van der Waals surface area contributed by atoms with Crippen molar-refractivity contribution in [1.29, 1.82) is 0 Å². The molecule has 1 fully saturated rings. The molecule has 8 heteroatoms. The zero-order valence-corrected chi connectivity index (χ0v) is 16.7. The Hall–Kier alpha value is -2.97. The Morgan fingerprint density at radius 1 is 0.931 bits per heavy atom. The number of nitrogens with zero attached hydrogens (tertiary/aromatic N) is 2. The number of fused-ring (bicyclic) bond motifs is 1. The van der Waals surface area contributed by atoms with E-state index in [2.05, 4.69) is 0 Å². The van der Waals surface area contributed by atoms with Gasteiger partial charge in [-0.1, -0.05) is 30.3 Å². The van der Waals surface area contributed by atoms with Crippen molar-refractivity contribution < 1.29 is 22.4 Å². The second-order valence-electron chi connectivity index (χ2n) is 6.93. The number of para-hydroxylation sites is 1. The molecule has 1 saturated heterocycles. The van der Waals surface area contributed by atoms with Gasteiger partial charge in [-0.15, -0.1) is 0 Å². The van der Waals surface area contributed by atoms with E-state index in [4.69, 9.17) is 4.42 Å². The third-order valence-electron chi connectivity index (χ3n) is 5.04. The minimum Gasteiger partial charge on any atom is -0.451 e. The number of rotatable bonds is 4. The van der Waals surface area contributed by atoms with Crippen molar-refractivity contribution in [3.63, 3.8) is 0 Å². The predicted octanol–water partition coefficient (Wildman–Crippen LogP) is 2.78. The Bertz CT molecular complexity index is 1160. The monoisotopic (exact) mass is 412 g/mol. The fraction of sp³-hybridized carbons (Fsp3) is 0.238. The molecular formula is C21H20N2O5S. The quantitative estimate of drug-likeness (QED) is 0.615. The highest BCUT2D eigenvalue weighted by Gasteiger charge is 2.31. The Morgan fingerprint density at radius 3 is 2.34 bits per heavy atom. The molecule has 150 valence electrons. The lowest BCUT2D eigenvalue weighted by molar-refractivity contribution is 0.0668. The van der Waals surface area contributed by atoms with Gasteiger partial charge in [0.2, 0.25) is 10.0 Å². The van der Waals surface area contributed by atoms with Crippen LogP contribution in [0.2, 0.25) is 0 Å². The van der Waals surface area contributed by atoms with Gasteiger partial charge >= 0.3 is 0 Å². The number of ketones is 1. The van der Waals surface area contributed by atoms with Crippen LogP contribution in [0.4, 0.5) is 0 Å². The highest BCUT2D eigenvalue weighted by molar-refractivity contribution is 7.89. The lowest BCUT2D eigenvalue weighted by Crippen LogP contribution is -2.50. The van der Waals surface area contributed by atoms with Crippen molar-refractivity contribution in [2.45, 2.75) is 11.8 Å². The molecule has 3 aromatic rings. The zero-order valence-electron chi connectivity index (χ0n) is 15.9. The fourth-order valence-corrected chi connectivity index (χ4v) is 4.87. The third kappa shape index (κ3) is 3.68. The Kier molecular flexibility index (Phi) is 4.97. The number of furan rings is 1. The Labute approximate surface area is 168 Å². The third-order valence-corrected chi connectivity index (χ3v) is 6.94. The van der Waals surface area contributed by atoms with Crippen LogP contribution in [0.1, 0.15) is 27.8 Å². The second-order valence-corrected chi connectivity index (χ2v) is 8.87. The van der Waals surface area contributed by atoms with E-state index in [1.54, 1.807) is 29.2 Å². The summed E-state index contributed by atoms with van der Waals surface area (Å²) in [5.74, 6) is -0.197. The van der Waals surface area contributed by atoms with Gasteiger partial charge in [0.15, 0.2) is 11.5 Å². The minimum absolute atomic E-state index is 0.0854. The highest BCUT2D eigenvalue weighted by Crippen LogP contribution is 2.22. The van der Waals surface area contributed by atoms with E-state index >= 15 is 0 Å². The van der Waals surface area contributed by atoms with Crippen molar-refractivity contribution in [3.8, 4) is 0 Å². The number of carbonyl (C=O) groups excluding carboxylic acids is 2. The van der Waals surface area contributed by atoms with Crippen molar-refractivity contribution in [2.75, 3.05) is 26.2 Å². The first-order valence-electron chi connectivity index (χ1n) is 9.25. The topological polar surface area (TPSA) is 87.9 Å². The van der Waals surface area contributed by atoms with E-state index in [9.17, 15) is 18.0 Å². The molecule has 2 aromatic carbocycles. The number of amides is 1. The Balaban J connectivity index is 1.48. The van der Waals surface area contributed by atoms with E-state index < -0.39 is 10.0 Å². The van der Waals surface area contributed by atoms with Gasteiger partial charge in [0.05, 0.1) is 4.90 Å². The summed E-state index contributed by atoms with van der Waals surface area (Å²) in [6, 6.07) is 15.1. The molecule has 0 spiro atoms. The molecule has 1 aromatic heterocycles. The van der Waals surface area contributed by atoms with Crippen LogP contribution >= 0.6 is 0 Å². The number of carbonyl (C=O) groups is 2. The van der Waals surface area contributed by atoms with Gasteiger partial charge in [0, 0.05) is 37.1 Å². The minimum atomic E-state index is -3.73. The largest absolute Gasteiger partial charge is 0.451 e. The average molecular weight is 412 g/mol. The Morgan fingerprint density at radius 2 is 1.66 bits per heavy atom. The number of hydrogen-bond donors (Lipinski definition) is 0. The molecule has 0 radical (unpaired) electrons. The van der Waals surface area contributed by atoms with Gasteiger partial charge < -0.3 is 9.32 Å². The molecule has 4 rings (SSSR count). The maximum Gasteiger partial charge on any atom is 0.289 e. The van der Waals surface area contributed by atoms with E-state index in [1.807, 2.05) is 18.2 Å². The second kappa shape index (κ2) is 7.46. The summed E-state index contributed by atoms with van der Waals surface area (Å²) in [7, 11) is -3.73. The lowest BCUT2D eigenvalue weighted by Gasteiger charge is -2.33. The summed E-state index contributed by atoms with van der Waals surface area (Å²) in [6.45, 7) is 2.29. The summed E-state index contributed by atoms with van der Waals surface area (Å²) in [5.41, 5.74) is 0.993. The molecule has 0 saturated carbocycles. The average Bonchev–Trinajstić information content (AvgIpc) is 3.17. The molecule has 0 atom stereocenters. The van der Waals surface area contributed by atoms with Crippen molar-refractivity contribution in [2.24, 2.45) is 0 Å². The van der Waals surface area contributed by atoms with E-state index in [0.29, 0.717) is 11.1 Å². The van der Waals surface area contributed by atoms with Crippen molar-refractivity contribution >= 4 is 32.7 Å². The lowest BCUT2D eigenvalue weighted by atomic mass is 10.2. The van der Waals surface area contributed by atoms with Crippen LogP contribution < -0.4 is 0 Å². The number of hydrogen-bond acceptors (Lipinski definition) is 5. The molecule has 2 heterocycles. The first kappa shape index (κ1) is 19.4. The first-order valence-corrected chi connectivity index (χ1v) is 10.7. The van der Waals surface area contributed by atoms with Crippen LogP contribution in [0.5, 0.6) is 0 Å². The van der Waals surface area contributed by atoms with Crippen LogP contribution in [0.25, 0.3) is 11.0 Å². The maximum atomic E-state index is 12.9. The van der Waals surface area contributed by atoms with Crippen LogP contribution in [0.15, 0.2) is 63.9 Å². The zero-order chi connectivity index (χ0) is 20.6.